The van der Waals surface area contributed by atoms with Gasteiger partial charge in [0.2, 0.25) is 5.60 Å². The third-order valence-corrected chi connectivity index (χ3v) is 2.05. The molecular weight excluding hydrogens is 160 g/mol. The van der Waals surface area contributed by atoms with Crippen LogP contribution >= 0.6 is 0 Å². The van der Waals surface area contributed by atoms with Crippen LogP contribution < -0.4 is 0 Å². The van der Waals surface area contributed by atoms with E-state index in [4.69, 9.17) is 9.47 Å². The van der Waals surface area contributed by atoms with E-state index < -0.39 is 23.6 Å². The van der Waals surface area contributed by atoms with Crippen molar-refractivity contribution in [1.29, 1.82) is 0 Å². The Kier molecular flexibility index (Phi) is 2.08. The largest absolute Gasteiger partial charge is 0.448 e. The summed E-state index contributed by atoms with van der Waals surface area (Å²) in [6.07, 6.45) is -0.332. The minimum Gasteiger partial charge on any atom is -0.448 e. The van der Waals surface area contributed by atoms with Gasteiger partial charge in [0.15, 0.2) is 6.10 Å². The Morgan fingerprint density at radius 3 is 2.58 bits per heavy atom. The van der Waals surface area contributed by atoms with E-state index in [1.807, 2.05) is 0 Å². The van der Waals surface area contributed by atoms with E-state index in [9.17, 15) is 9.59 Å². The molecular formula is C8H12O4. The number of carbonyl (C=O) groups is 2. The van der Waals surface area contributed by atoms with Gasteiger partial charge in [0.05, 0.1) is 0 Å². The molecule has 4 heteroatoms. The fourth-order valence-electron chi connectivity index (χ4n) is 0.896. The molecule has 1 saturated heterocycles. The Labute approximate surface area is 70.8 Å². The van der Waals surface area contributed by atoms with E-state index >= 15 is 0 Å². The molecule has 0 aromatic carbocycles. The fourth-order valence-corrected chi connectivity index (χ4v) is 0.896. The quantitative estimate of drug-likeness (QED) is 0.545. The molecule has 0 N–H and O–H groups in total. The first-order valence-corrected chi connectivity index (χ1v) is 3.93. The van der Waals surface area contributed by atoms with Crippen LogP contribution in [0, 0.1) is 0 Å². The predicted octanol–water partition coefficient (Wildman–Crippen LogP) is 0.644. The highest BCUT2D eigenvalue weighted by atomic mass is 16.7. The van der Waals surface area contributed by atoms with E-state index in [-0.39, 0.29) is 0 Å². The molecule has 1 aliphatic rings. The van der Waals surface area contributed by atoms with Crippen molar-refractivity contribution < 1.29 is 19.1 Å². The van der Waals surface area contributed by atoms with E-state index in [1.54, 1.807) is 13.8 Å². The number of hydrogen-bond acceptors (Lipinski definition) is 4. The van der Waals surface area contributed by atoms with Gasteiger partial charge in [-0.1, -0.05) is 6.92 Å². The van der Waals surface area contributed by atoms with Crippen molar-refractivity contribution in [3.05, 3.63) is 0 Å². The Hall–Kier alpha value is -1.06. The van der Waals surface area contributed by atoms with Gasteiger partial charge in [-0.05, 0) is 20.3 Å². The molecule has 2 atom stereocenters. The Morgan fingerprint density at radius 1 is 1.50 bits per heavy atom. The van der Waals surface area contributed by atoms with E-state index in [0.29, 0.717) is 6.42 Å². The SMILES string of the molecule is CCC1(C)OC(=O)C(C)OC1=O. The lowest BCUT2D eigenvalue weighted by Crippen LogP contribution is -2.50. The van der Waals surface area contributed by atoms with Gasteiger partial charge in [-0.25, -0.2) is 9.59 Å². The first-order chi connectivity index (χ1) is 5.49. The molecule has 1 aliphatic heterocycles. The Bertz CT molecular complexity index is 223. The van der Waals surface area contributed by atoms with Crippen molar-refractivity contribution in [3.8, 4) is 0 Å². The lowest BCUT2D eigenvalue weighted by atomic mass is 10.0. The normalized spacial score (nSPS) is 35.8. The predicted molar refractivity (Wildman–Crippen MR) is 40.3 cm³/mol. The van der Waals surface area contributed by atoms with Crippen LogP contribution in [-0.2, 0) is 19.1 Å². The van der Waals surface area contributed by atoms with Crippen LogP contribution in [0.1, 0.15) is 27.2 Å². The summed E-state index contributed by atoms with van der Waals surface area (Å²) in [4.78, 5) is 22.2. The van der Waals surface area contributed by atoms with E-state index in [1.165, 1.54) is 6.92 Å². The van der Waals surface area contributed by atoms with Crippen molar-refractivity contribution in [2.45, 2.75) is 38.9 Å². The van der Waals surface area contributed by atoms with Gasteiger partial charge in [0.1, 0.15) is 0 Å². The van der Waals surface area contributed by atoms with Gasteiger partial charge in [0, 0.05) is 0 Å². The zero-order chi connectivity index (χ0) is 9.35. The molecule has 0 bridgehead atoms. The number of esters is 2. The molecule has 0 spiro atoms. The fraction of sp³-hybridized carbons (Fsp3) is 0.750. The third-order valence-electron chi connectivity index (χ3n) is 2.05. The third kappa shape index (κ3) is 1.29. The second-order valence-corrected chi connectivity index (χ2v) is 3.05. The minimum absolute atomic E-state index is 0.435. The summed E-state index contributed by atoms with van der Waals surface area (Å²) >= 11 is 0. The summed E-state index contributed by atoms with van der Waals surface area (Å²) in [6, 6.07) is 0. The van der Waals surface area contributed by atoms with Crippen LogP contribution in [0.3, 0.4) is 0 Å². The summed E-state index contributed by atoms with van der Waals surface area (Å²) < 4.78 is 9.73. The maximum Gasteiger partial charge on any atom is 0.351 e. The van der Waals surface area contributed by atoms with Gasteiger partial charge >= 0.3 is 11.9 Å². The van der Waals surface area contributed by atoms with Crippen molar-refractivity contribution in [1.82, 2.24) is 0 Å². The molecule has 12 heavy (non-hydrogen) atoms. The second-order valence-electron chi connectivity index (χ2n) is 3.05. The van der Waals surface area contributed by atoms with Crippen LogP contribution in [0.5, 0.6) is 0 Å². The smallest absolute Gasteiger partial charge is 0.351 e. The van der Waals surface area contributed by atoms with Crippen molar-refractivity contribution >= 4 is 11.9 Å². The first-order valence-electron chi connectivity index (χ1n) is 3.93. The molecule has 1 heterocycles. The van der Waals surface area contributed by atoms with Crippen molar-refractivity contribution in [2.75, 3.05) is 0 Å². The summed E-state index contributed by atoms with van der Waals surface area (Å²) in [5.74, 6) is -0.934. The average molecular weight is 172 g/mol. The zero-order valence-corrected chi connectivity index (χ0v) is 7.42. The second kappa shape index (κ2) is 2.77. The summed E-state index contributed by atoms with van der Waals surface area (Å²) in [5.41, 5.74) is -1.08. The van der Waals surface area contributed by atoms with Gasteiger partial charge in [0.25, 0.3) is 0 Å². The molecule has 1 fully saturated rings. The lowest BCUT2D eigenvalue weighted by Gasteiger charge is -2.32. The topological polar surface area (TPSA) is 52.6 Å². The van der Waals surface area contributed by atoms with Gasteiger partial charge < -0.3 is 9.47 Å². The van der Waals surface area contributed by atoms with Crippen LogP contribution in [0.25, 0.3) is 0 Å². The highest BCUT2D eigenvalue weighted by Crippen LogP contribution is 2.23. The van der Waals surface area contributed by atoms with Crippen molar-refractivity contribution in [3.63, 3.8) is 0 Å². The molecule has 0 amide bonds. The van der Waals surface area contributed by atoms with E-state index in [2.05, 4.69) is 0 Å². The van der Waals surface area contributed by atoms with Crippen LogP contribution in [0.2, 0.25) is 0 Å². The summed E-state index contributed by atoms with van der Waals surface area (Å²) in [7, 11) is 0. The summed E-state index contributed by atoms with van der Waals surface area (Å²) in [6.45, 7) is 4.82. The highest BCUT2D eigenvalue weighted by Gasteiger charge is 2.44. The Morgan fingerprint density at radius 2 is 2.08 bits per heavy atom. The van der Waals surface area contributed by atoms with Gasteiger partial charge in [-0.2, -0.15) is 0 Å². The monoisotopic (exact) mass is 172 g/mol. The van der Waals surface area contributed by atoms with Crippen LogP contribution in [-0.4, -0.2) is 23.6 Å². The summed E-state index contributed by atoms with van der Waals surface area (Å²) in [5, 5.41) is 0. The molecule has 1 rings (SSSR count). The van der Waals surface area contributed by atoms with Gasteiger partial charge in [-0.3, -0.25) is 0 Å². The zero-order valence-electron chi connectivity index (χ0n) is 7.42. The average Bonchev–Trinajstić information content (AvgIpc) is 2.01. The van der Waals surface area contributed by atoms with Gasteiger partial charge in [-0.15, -0.1) is 0 Å². The molecule has 0 aromatic rings. The first kappa shape index (κ1) is 9.03. The molecule has 4 nitrogen and oxygen atoms in total. The molecule has 0 radical (unpaired) electrons. The lowest BCUT2D eigenvalue weighted by molar-refractivity contribution is -0.207. The Balaban J connectivity index is 2.81. The molecule has 0 aliphatic carbocycles. The molecule has 0 aromatic heterocycles. The maximum absolute atomic E-state index is 11.2. The minimum atomic E-state index is -1.08. The molecule has 2 unspecified atom stereocenters. The standard InChI is InChI=1S/C8H12O4/c1-4-8(3)7(10)11-5(2)6(9)12-8/h5H,4H2,1-3H3. The van der Waals surface area contributed by atoms with E-state index in [0.717, 1.165) is 0 Å². The maximum atomic E-state index is 11.2. The number of hydrogen-bond donors (Lipinski definition) is 0. The van der Waals surface area contributed by atoms with Crippen molar-refractivity contribution in [2.24, 2.45) is 0 Å². The number of ether oxygens (including phenoxy) is 2. The highest BCUT2D eigenvalue weighted by molar-refractivity contribution is 5.89. The molecule has 68 valence electrons. The molecule has 0 saturated carbocycles. The number of cyclic esters (lactones) is 2. The number of carbonyl (C=O) groups excluding carboxylic acids is 2. The number of rotatable bonds is 1. The van der Waals surface area contributed by atoms with Crippen LogP contribution in [0.15, 0.2) is 0 Å². The van der Waals surface area contributed by atoms with Crippen LogP contribution in [0.4, 0.5) is 0 Å².